The molecule has 12 nitrogen and oxygen atoms in total. The minimum Gasteiger partial charge on any atom is -0.784 e. The summed E-state index contributed by atoms with van der Waals surface area (Å²) in [7, 11) is 0. The van der Waals surface area contributed by atoms with Crippen molar-refractivity contribution in [3.8, 4) is 0 Å². The Labute approximate surface area is 175 Å². The van der Waals surface area contributed by atoms with Gasteiger partial charge in [-0.15, -0.1) is 26.9 Å². The molecule has 0 spiro atoms. The maximum absolute atomic E-state index is 9.65. The summed E-state index contributed by atoms with van der Waals surface area (Å²) in [5, 5.41) is 21.4. The number of rotatable bonds is 4. The molecule has 0 saturated carbocycles. The molecule has 0 amide bonds. The number of allylic oxidation sites excluding steroid dienone is 4. The van der Waals surface area contributed by atoms with Crippen LogP contribution in [0.2, 0.25) is 0 Å². The number of nitrogens with one attached hydrogen (secondary N) is 3. The Morgan fingerprint density at radius 2 is 1.21 bits per heavy atom. The number of nitrogens with zero attached hydrogens (tertiary/aromatic N) is 2. The van der Waals surface area contributed by atoms with Gasteiger partial charge in [0.2, 0.25) is 0 Å². The summed E-state index contributed by atoms with van der Waals surface area (Å²) in [5.41, 5.74) is 12.4. The Balaban J connectivity index is -0.000000139. The molecule has 0 heterocycles. The van der Waals surface area contributed by atoms with Gasteiger partial charge in [0, 0.05) is 0 Å². The zero-order valence-corrected chi connectivity index (χ0v) is 17.3. The van der Waals surface area contributed by atoms with Crippen molar-refractivity contribution < 1.29 is 40.5 Å². The number of hydroxylamine groups is 2. The van der Waals surface area contributed by atoms with Crippen LogP contribution in [-0.4, -0.2) is 23.7 Å². The first-order valence-electron chi connectivity index (χ1n) is 6.92. The molecule has 0 bridgehead atoms. The molecule has 0 unspecified atom stereocenters. The Morgan fingerprint density at radius 1 is 0.929 bits per heavy atom. The van der Waals surface area contributed by atoms with E-state index in [0.717, 1.165) is 0 Å². The second kappa shape index (κ2) is 22.8. The van der Waals surface area contributed by atoms with Gasteiger partial charge in [-0.05, 0) is 38.0 Å². The Hall–Kier alpha value is -2.20. The monoisotopic (exact) mass is 463 g/mol. The molecular weight excluding hydrogens is 441 g/mol. The van der Waals surface area contributed by atoms with E-state index < -0.39 is 11.4 Å². The van der Waals surface area contributed by atoms with E-state index in [0.29, 0.717) is 17.1 Å². The average Bonchev–Trinajstić information content (AvgIpc) is 2.66. The van der Waals surface area contributed by atoms with Crippen LogP contribution in [0.25, 0.3) is 5.73 Å². The summed E-state index contributed by atoms with van der Waals surface area (Å²) in [6.45, 7) is 6.12. The van der Waals surface area contributed by atoms with Crippen molar-refractivity contribution >= 4 is 17.0 Å². The van der Waals surface area contributed by atoms with Gasteiger partial charge in [-0.2, -0.15) is 0 Å². The molecule has 0 aliphatic rings. The van der Waals surface area contributed by atoms with E-state index >= 15 is 0 Å². The molecule has 5 N–H and O–H groups in total. The smallest absolute Gasteiger partial charge is 0.784 e. The standard InChI is InChI=1S/C6H6N.2C4H8N2O2.Co.H2O3S/c7-6-4-2-1-3-5-6;2*1-3(5-7)4(2)6-8;;1-4(2)3/h1-5,7H;2*5,7H,1-2H3;;(H2,1,2,3)/q-1;;;+2;/p-2. The van der Waals surface area contributed by atoms with Gasteiger partial charge >= 0.3 is 16.8 Å². The molecule has 14 heteroatoms. The number of nitroso groups, excluding NO2 is 2. The summed E-state index contributed by atoms with van der Waals surface area (Å²) in [4.78, 5) is 19.3. The van der Waals surface area contributed by atoms with Crippen molar-refractivity contribution in [2.75, 3.05) is 0 Å². The summed E-state index contributed by atoms with van der Waals surface area (Å²) in [6.07, 6.45) is 0. The normalized spacial score (nSPS) is 10.5. The minimum atomic E-state index is -3.11. The second-order valence-corrected chi connectivity index (χ2v) is 4.81. The first-order chi connectivity index (χ1) is 12.6. The van der Waals surface area contributed by atoms with Gasteiger partial charge < -0.3 is 14.8 Å². The maximum atomic E-state index is 9.65. The summed E-state index contributed by atoms with van der Waals surface area (Å²) >= 11 is -3.11. The third-order valence-corrected chi connectivity index (χ3v) is 2.47. The third-order valence-electron chi connectivity index (χ3n) is 2.47. The van der Waals surface area contributed by atoms with Gasteiger partial charge in [0.05, 0.1) is 11.4 Å². The van der Waals surface area contributed by atoms with E-state index in [1.807, 2.05) is 18.2 Å². The van der Waals surface area contributed by atoms with Crippen LogP contribution in [0.1, 0.15) is 27.7 Å². The fourth-order valence-corrected chi connectivity index (χ4v) is 0.737. The largest absolute Gasteiger partial charge is 2.00 e. The summed E-state index contributed by atoms with van der Waals surface area (Å²) in [6, 6.07) is 9.10. The Kier molecular flexibility index (Phi) is 27.2. The molecule has 161 valence electrons. The van der Waals surface area contributed by atoms with Crippen molar-refractivity contribution in [3.05, 3.63) is 68.7 Å². The van der Waals surface area contributed by atoms with Gasteiger partial charge in [-0.1, -0.05) is 30.3 Å². The van der Waals surface area contributed by atoms with E-state index in [4.69, 9.17) is 29.5 Å². The van der Waals surface area contributed by atoms with Crippen molar-refractivity contribution in [1.29, 1.82) is 0 Å². The van der Waals surface area contributed by atoms with Gasteiger partial charge in [0.1, 0.15) is 11.4 Å². The molecule has 0 saturated heterocycles. The summed E-state index contributed by atoms with van der Waals surface area (Å²) in [5.74, 6) is 0. The predicted octanol–water partition coefficient (Wildman–Crippen LogP) is 3.33. The molecule has 0 aromatic heterocycles. The maximum Gasteiger partial charge on any atom is 2.00 e. The SMILES string of the molecule is CC(N=O)=C(C)NO.CC(N=O)=C(C)NO.O=S([O-])[O-].[Co+2].[NH-]c1ccccc1. The van der Waals surface area contributed by atoms with Crippen LogP contribution in [-0.2, 0) is 28.1 Å². The fourth-order valence-electron chi connectivity index (χ4n) is 0.737. The number of hydrogen-bond acceptors (Lipinski definition) is 11. The van der Waals surface area contributed by atoms with Gasteiger partial charge in [0.25, 0.3) is 0 Å². The molecule has 0 aliphatic heterocycles. The second-order valence-electron chi connectivity index (χ2n) is 4.40. The molecule has 0 aliphatic carbocycles. The molecule has 28 heavy (non-hydrogen) atoms. The van der Waals surface area contributed by atoms with Crippen molar-refractivity contribution in [2.24, 2.45) is 10.4 Å². The molecule has 1 radical (unpaired) electrons. The molecular formula is C14H22CoN5O7S-. The average molecular weight is 463 g/mol. The van der Waals surface area contributed by atoms with Crippen LogP contribution in [0.5, 0.6) is 0 Å². The van der Waals surface area contributed by atoms with Crippen LogP contribution in [0.15, 0.2) is 63.5 Å². The fraction of sp³-hybridized carbons (Fsp3) is 0.286. The molecule has 0 atom stereocenters. The van der Waals surface area contributed by atoms with Crippen molar-refractivity contribution in [3.63, 3.8) is 0 Å². The topological polar surface area (TPSA) is 210 Å². The Morgan fingerprint density at radius 3 is 1.32 bits per heavy atom. The first kappa shape index (κ1) is 33.4. The van der Waals surface area contributed by atoms with E-state index in [-0.39, 0.29) is 28.2 Å². The Bertz CT molecular complexity index is 596. The van der Waals surface area contributed by atoms with E-state index in [9.17, 15) is 9.81 Å². The number of hydrogen-bond donors (Lipinski definition) is 4. The quantitative estimate of drug-likeness (QED) is 0.292. The first-order valence-corrected chi connectivity index (χ1v) is 7.92. The molecule has 1 rings (SSSR count). The van der Waals surface area contributed by atoms with Crippen LogP contribution < -0.4 is 11.0 Å². The molecule has 1 aromatic rings. The van der Waals surface area contributed by atoms with Crippen LogP contribution >= 0.6 is 0 Å². The van der Waals surface area contributed by atoms with Gasteiger partial charge in [-0.25, -0.2) is 0 Å². The number of benzene rings is 1. The van der Waals surface area contributed by atoms with E-state index in [1.165, 1.54) is 13.8 Å². The zero-order valence-electron chi connectivity index (χ0n) is 15.5. The van der Waals surface area contributed by atoms with Crippen LogP contribution in [0.4, 0.5) is 5.69 Å². The molecule has 0 fully saturated rings. The minimum absolute atomic E-state index is 0. The van der Waals surface area contributed by atoms with Gasteiger partial charge in [0.15, 0.2) is 0 Å². The van der Waals surface area contributed by atoms with Crippen LogP contribution in [0, 0.1) is 9.81 Å². The zero-order chi connectivity index (χ0) is 21.8. The summed E-state index contributed by atoms with van der Waals surface area (Å²) < 4.78 is 25.3. The van der Waals surface area contributed by atoms with E-state index in [1.54, 1.807) is 36.9 Å². The van der Waals surface area contributed by atoms with Crippen molar-refractivity contribution in [1.82, 2.24) is 11.0 Å². The third kappa shape index (κ3) is 26.0. The van der Waals surface area contributed by atoms with Crippen molar-refractivity contribution in [2.45, 2.75) is 27.7 Å². The van der Waals surface area contributed by atoms with Gasteiger partial charge in [-0.3, -0.25) is 25.6 Å². The predicted molar refractivity (Wildman–Crippen MR) is 98.3 cm³/mol. The van der Waals surface area contributed by atoms with Crippen LogP contribution in [0.3, 0.4) is 0 Å². The van der Waals surface area contributed by atoms with E-state index in [2.05, 4.69) is 10.4 Å². The molecule has 1 aromatic carbocycles.